The normalized spacial score (nSPS) is 19.4. The Morgan fingerprint density at radius 1 is 1.35 bits per heavy atom. The summed E-state index contributed by atoms with van der Waals surface area (Å²) in [4.78, 5) is 28.6. The number of carbonyl (C=O) groups excluding carboxylic acids is 2. The summed E-state index contributed by atoms with van der Waals surface area (Å²) in [5.41, 5.74) is 0.700. The van der Waals surface area contributed by atoms with E-state index in [4.69, 9.17) is 9.57 Å². The van der Waals surface area contributed by atoms with Gasteiger partial charge >= 0.3 is 5.97 Å². The van der Waals surface area contributed by atoms with Crippen LogP contribution in [-0.4, -0.2) is 44.1 Å². The average molecular weight is 278 g/mol. The van der Waals surface area contributed by atoms with E-state index in [-0.39, 0.29) is 5.84 Å². The van der Waals surface area contributed by atoms with Crippen LogP contribution in [0.4, 0.5) is 0 Å². The van der Waals surface area contributed by atoms with Gasteiger partial charge in [-0.25, -0.2) is 4.79 Å². The molecule has 1 aromatic carbocycles. The fraction of sp³-hybridized carbons (Fsp3) is 0.308. The van der Waals surface area contributed by atoms with Crippen molar-refractivity contribution >= 4 is 17.7 Å². The highest BCUT2D eigenvalue weighted by Gasteiger charge is 2.40. The number of carbonyl (C=O) groups is 2. The molecule has 1 amide bonds. The van der Waals surface area contributed by atoms with Crippen LogP contribution >= 0.6 is 0 Å². The van der Waals surface area contributed by atoms with Gasteiger partial charge in [0.05, 0.1) is 7.11 Å². The number of benzene rings is 1. The first-order valence-corrected chi connectivity index (χ1v) is 5.88. The minimum absolute atomic E-state index is 0.284. The van der Waals surface area contributed by atoms with Gasteiger partial charge in [-0.05, 0) is 0 Å². The number of nitrogens with zero attached hydrogens (tertiary/aromatic N) is 1. The van der Waals surface area contributed by atoms with Crippen molar-refractivity contribution in [2.75, 3.05) is 14.2 Å². The summed E-state index contributed by atoms with van der Waals surface area (Å²) in [5.74, 6) is -0.936. The van der Waals surface area contributed by atoms with Crippen LogP contribution in [0.1, 0.15) is 5.56 Å². The Balaban J connectivity index is 2.17. The zero-order valence-corrected chi connectivity index (χ0v) is 11.0. The van der Waals surface area contributed by atoms with E-state index in [0.717, 1.165) is 0 Å². The second-order valence-corrected chi connectivity index (χ2v) is 4.00. The van der Waals surface area contributed by atoms with E-state index in [1.54, 1.807) is 12.1 Å². The zero-order valence-electron chi connectivity index (χ0n) is 11.0. The number of hydrogen-bond acceptors (Lipinski definition) is 6. The molecule has 106 valence electrons. The molecule has 2 atom stereocenters. The lowest BCUT2D eigenvalue weighted by Crippen LogP contribution is -2.52. The Morgan fingerprint density at radius 3 is 2.60 bits per heavy atom. The van der Waals surface area contributed by atoms with Crippen molar-refractivity contribution in [1.82, 2.24) is 5.32 Å². The van der Waals surface area contributed by atoms with Gasteiger partial charge in [0.15, 0.2) is 5.84 Å². The maximum atomic E-state index is 12.0. The molecule has 2 unspecified atom stereocenters. The molecule has 1 aromatic rings. The summed E-state index contributed by atoms with van der Waals surface area (Å²) < 4.78 is 9.47. The number of amidine groups is 1. The minimum Gasteiger partial charge on any atom is -0.467 e. The maximum Gasteiger partial charge on any atom is 0.339 e. The summed E-state index contributed by atoms with van der Waals surface area (Å²) in [6.45, 7) is 0. The van der Waals surface area contributed by atoms with Crippen molar-refractivity contribution in [3.05, 3.63) is 35.9 Å². The van der Waals surface area contributed by atoms with Gasteiger partial charge in [0.2, 0.25) is 12.2 Å². The van der Waals surface area contributed by atoms with Crippen LogP contribution in [0.25, 0.3) is 0 Å². The van der Waals surface area contributed by atoms with E-state index in [0.29, 0.717) is 5.56 Å². The third-order valence-electron chi connectivity index (χ3n) is 2.77. The fourth-order valence-electron chi connectivity index (χ4n) is 1.74. The molecule has 1 aliphatic heterocycles. The van der Waals surface area contributed by atoms with E-state index in [9.17, 15) is 9.59 Å². The van der Waals surface area contributed by atoms with Crippen LogP contribution in [0.15, 0.2) is 35.5 Å². The standard InChI is InChI=1S/C13H14N2O5/c1-18-10(13(17)19-2)9-12(16)14-11(15-20-9)8-6-4-3-5-7-8/h3-7,9-10H,1-2H3,(H,14,15,16). The first-order valence-electron chi connectivity index (χ1n) is 5.88. The van der Waals surface area contributed by atoms with Crippen LogP contribution in [0.5, 0.6) is 0 Å². The lowest BCUT2D eigenvalue weighted by Gasteiger charge is -2.25. The molecule has 0 fully saturated rings. The smallest absolute Gasteiger partial charge is 0.339 e. The summed E-state index contributed by atoms with van der Waals surface area (Å²) in [7, 11) is 2.49. The first kappa shape index (κ1) is 14.0. The Bertz CT molecular complexity index is 529. The molecule has 0 bridgehead atoms. The second kappa shape index (κ2) is 6.16. The average Bonchev–Trinajstić information content (AvgIpc) is 2.50. The lowest BCUT2D eigenvalue weighted by molar-refractivity contribution is -0.168. The molecule has 2 rings (SSSR count). The monoisotopic (exact) mass is 278 g/mol. The minimum atomic E-state index is -1.18. The zero-order chi connectivity index (χ0) is 14.5. The molecule has 0 saturated heterocycles. The lowest BCUT2D eigenvalue weighted by atomic mass is 10.1. The van der Waals surface area contributed by atoms with E-state index < -0.39 is 24.1 Å². The number of methoxy groups -OCH3 is 2. The number of oxime groups is 1. The van der Waals surface area contributed by atoms with Crippen molar-refractivity contribution in [1.29, 1.82) is 0 Å². The van der Waals surface area contributed by atoms with E-state index in [1.165, 1.54) is 14.2 Å². The van der Waals surface area contributed by atoms with Crippen molar-refractivity contribution in [3.63, 3.8) is 0 Å². The summed E-state index contributed by atoms with van der Waals surface area (Å²) >= 11 is 0. The molecule has 7 nitrogen and oxygen atoms in total. The van der Waals surface area contributed by atoms with E-state index in [2.05, 4.69) is 15.2 Å². The molecule has 1 N–H and O–H groups in total. The molecule has 0 saturated carbocycles. The third-order valence-corrected chi connectivity index (χ3v) is 2.77. The molecular formula is C13H14N2O5. The second-order valence-electron chi connectivity index (χ2n) is 4.00. The van der Waals surface area contributed by atoms with Gasteiger partial charge in [-0.1, -0.05) is 35.5 Å². The Labute approximate surface area is 115 Å². The molecule has 1 aliphatic rings. The largest absolute Gasteiger partial charge is 0.467 e. The molecule has 0 aliphatic carbocycles. The number of nitrogens with one attached hydrogen (secondary N) is 1. The Hall–Kier alpha value is -2.41. The number of hydrogen-bond donors (Lipinski definition) is 1. The molecular weight excluding hydrogens is 264 g/mol. The van der Waals surface area contributed by atoms with Gasteiger partial charge in [0, 0.05) is 12.7 Å². The summed E-state index contributed by atoms with van der Waals surface area (Å²) in [6.07, 6.45) is -2.35. The maximum absolute atomic E-state index is 12.0. The summed E-state index contributed by atoms with van der Waals surface area (Å²) in [5, 5.41) is 6.39. The van der Waals surface area contributed by atoms with Crippen molar-refractivity contribution in [2.45, 2.75) is 12.2 Å². The van der Waals surface area contributed by atoms with Crippen LogP contribution in [0.2, 0.25) is 0 Å². The molecule has 0 radical (unpaired) electrons. The highest BCUT2D eigenvalue weighted by Crippen LogP contribution is 2.12. The predicted octanol–water partition coefficient (Wildman–Crippen LogP) is 0.0512. The molecule has 0 aromatic heterocycles. The number of ether oxygens (including phenoxy) is 2. The number of rotatable bonds is 4. The molecule has 7 heteroatoms. The van der Waals surface area contributed by atoms with Crippen molar-refractivity contribution < 1.29 is 23.9 Å². The van der Waals surface area contributed by atoms with Gasteiger partial charge < -0.3 is 19.6 Å². The molecule has 0 spiro atoms. The topological polar surface area (TPSA) is 86.2 Å². The quantitative estimate of drug-likeness (QED) is 0.786. The van der Waals surface area contributed by atoms with Gasteiger partial charge in [-0.15, -0.1) is 0 Å². The Morgan fingerprint density at radius 2 is 2.05 bits per heavy atom. The SMILES string of the molecule is COC(=O)C(OC)C1ON=C(c2ccccc2)NC1=O. The third kappa shape index (κ3) is 2.77. The Kier molecular flexibility index (Phi) is 4.31. The molecule has 20 heavy (non-hydrogen) atoms. The summed E-state index contributed by atoms with van der Waals surface area (Å²) in [6, 6.07) is 9.01. The van der Waals surface area contributed by atoms with Crippen molar-refractivity contribution in [3.8, 4) is 0 Å². The highest BCUT2D eigenvalue weighted by atomic mass is 16.7. The number of amides is 1. The van der Waals surface area contributed by atoms with Gasteiger partial charge in [-0.3, -0.25) is 4.79 Å². The van der Waals surface area contributed by atoms with Gasteiger partial charge in [0.1, 0.15) is 0 Å². The first-order chi connectivity index (χ1) is 9.67. The number of esters is 1. The fourth-order valence-corrected chi connectivity index (χ4v) is 1.74. The van der Waals surface area contributed by atoms with Crippen LogP contribution in [0.3, 0.4) is 0 Å². The van der Waals surface area contributed by atoms with Gasteiger partial charge in [0.25, 0.3) is 5.91 Å². The van der Waals surface area contributed by atoms with Crippen LogP contribution < -0.4 is 5.32 Å². The predicted molar refractivity (Wildman–Crippen MR) is 68.8 cm³/mol. The van der Waals surface area contributed by atoms with Gasteiger partial charge in [-0.2, -0.15) is 0 Å². The van der Waals surface area contributed by atoms with E-state index in [1.807, 2.05) is 18.2 Å². The van der Waals surface area contributed by atoms with Crippen LogP contribution in [0, 0.1) is 0 Å². The van der Waals surface area contributed by atoms with E-state index >= 15 is 0 Å². The van der Waals surface area contributed by atoms with Crippen LogP contribution in [-0.2, 0) is 23.9 Å². The highest BCUT2D eigenvalue weighted by molar-refractivity contribution is 6.10. The van der Waals surface area contributed by atoms with Crippen molar-refractivity contribution in [2.24, 2.45) is 5.16 Å². The molecule has 1 heterocycles.